The molecule has 0 radical (unpaired) electrons. The average molecular weight is 812 g/mol. The van der Waals surface area contributed by atoms with Crippen molar-refractivity contribution >= 4 is 51.5 Å². The van der Waals surface area contributed by atoms with E-state index in [2.05, 4.69) is 37.2 Å². The standard InChI is InChI=1S/C35H63BrN4O12/c36-25-31(43)37-20-14-13-15-27(34(47)48)40-32(44)26-52-24-23-51-22-21-38-29(41)19-18-28(35(49)50)39-30(42)16-11-9-7-5-3-1-2-4-6-8-10-12-17-33(45)46/h27-28,35,49-50H,1-26H2,(H,37,43)(H,38,41)(H,39,42)(H,40,44)(H,45,46)(H,47,48). The molecule has 0 saturated heterocycles. The van der Waals surface area contributed by atoms with Gasteiger partial charge in [0.15, 0.2) is 6.29 Å². The van der Waals surface area contributed by atoms with E-state index in [4.69, 9.17) is 14.6 Å². The monoisotopic (exact) mass is 810 g/mol. The van der Waals surface area contributed by atoms with Crippen molar-refractivity contribution in [2.75, 3.05) is 44.8 Å². The van der Waals surface area contributed by atoms with Crippen molar-refractivity contribution < 1.29 is 58.7 Å². The number of unbranched alkanes of at least 4 members (excludes halogenated alkanes) is 12. The van der Waals surface area contributed by atoms with E-state index in [1.54, 1.807) is 0 Å². The number of rotatable bonds is 36. The fourth-order valence-electron chi connectivity index (χ4n) is 5.17. The third-order valence-corrected chi connectivity index (χ3v) is 8.61. The molecule has 0 spiro atoms. The summed E-state index contributed by atoms with van der Waals surface area (Å²) in [5, 5.41) is 47.8. The van der Waals surface area contributed by atoms with Gasteiger partial charge in [-0.1, -0.05) is 80.1 Å². The smallest absolute Gasteiger partial charge is 0.326 e. The normalized spacial score (nSPS) is 12.2. The van der Waals surface area contributed by atoms with Crippen LogP contribution in [-0.2, 0) is 38.2 Å². The highest BCUT2D eigenvalue weighted by molar-refractivity contribution is 9.09. The minimum absolute atomic E-state index is 0.0312. The summed E-state index contributed by atoms with van der Waals surface area (Å²) in [7, 11) is 0. The van der Waals surface area contributed by atoms with Crippen molar-refractivity contribution in [3.8, 4) is 0 Å². The maximum Gasteiger partial charge on any atom is 0.326 e. The summed E-state index contributed by atoms with van der Waals surface area (Å²) >= 11 is 3.04. The highest BCUT2D eigenvalue weighted by atomic mass is 79.9. The van der Waals surface area contributed by atoms with E-state index < -0.39 is 36.2 Å². The lowest BCUT2D eigenvalue weighted by atomic mass is 10.0. The Labute approximate surface area is 316 Å². The van der Waals surface area contributed by atoms with Crippen LogP contribution in [-0.4, -0.2) is 119 Å². The van der Waals surface area contributed by atoms with Gasteiger partial charge in [-0.2, -0.15) is 0 Å². The van der Waals surface area contributed by atoms with Crippen LogP contribution in [0.2, 0.25) is 0 Å². The summed E-state index contributed by atoms with van der Waals surface area (Å²) in [5.74, 6) is -3.26. The summed E-state index contributed by atoms with van der Waals surface area (Å²) in [5.41, 5.74) is 0. The number of hydrogen-bond donors (Lipinski definition) is 8. The molecule has 52 heavy (non-hydrogen) atoms. The van der Waals surface area contributed by atoms with Gasteiger partial charge in [0.1, 0.15) is 12.6 Å². The Balaban J connectivity index is 3.86. The van der Waals surface area contributed by atoms with Crippen LogP contribution in [0.5, 0.6) is 0 Å². The molecule has 0 aromatic carbocycles. The minimum Gasteiger partial charge on any atom is -0.481 e. The van der Waals surface area contributed by atoms with Crippen LogP contribution in [0.1, 0.15) is 122 Å². The van der Waals surface area contributed by atoms with Gasteiger partial charge in [-0.25, -0.2) is 4.79 Å². The van der Waals surface area contributed by atoms with E-state index in [1.807, 2.05) is 0 Å². The first-order valence-electron chi connectivity index (χ1n) is 18.6. The Morgan fingerprint density at radius 2 is 1.10 bits per heavy atom. The van der Waals surface area contributed by atoms with Gasteiger partial charge in [0.2, 0.25) is 23.6 Å². The Hall–Kier alpha value is -2.86. The molecule has 0 aromatic heterocycles. The van der Waals surface area contributed by atoms with Gasteiger partial charge < -0.3 is 51.2 Å². The van der Waals surface area contributed by atoms with Crippen molar-refractivity contribution in [2.24, 2.45) is 0 Å². The molecule has 0 aliphatic rings. The third-order valence-electron chi connectivity index (χ3n) is 8.10. The van der Waals surface area contributed by atoms with Gasteiger partial charge >= 0.3 is 11.9 Å². The largest absolute Gasteiger partial charge is 0.481 e. The second-order valence-electron chi connectivity index (χ2n) is 12.7. The molecule has 0 aliphatic heterocycles. The quantitative estimate of drug-likeness (QED) is 0.0258. The number of aliphatic hydroxyl groups excluding tert-OH is 1. The van der Waals surface area contributed by atoms with Crippen molar-refractivity contribution in [1.29, 1.82) is 0 Å². The molecule has 2 atom stereocenters. The molecule has 0 bridgehead atoms. The minimum atomic E-state index is -1.80. The van der Waals surface area contributed by atoms with Gasteiger partial charge in [0.05, 0.1) is 31.2 Å². The molecular weight excluding hydrogens is 748 g/mol. The Morgan fingerprint density at radius 1 is 0.538 bits per heavy atom. The Morgan fingerprint density at radius 3 is 1.65 bits per heavy atom. The van der Waals surface area contributed by atoms with Gasteiger partial charge in [0.25, 0.3) is 0 Å². The summed E-state index contributed by atoms with van der Waals surface area (Å²) < 4.78 is 10.6. The fraction of sp³-hybridized carbons (Fsp3) is 0.829. The first-order chi connectivity index (χ1) is 25.0. The molecule has 17 heteroatoms. The van der Waals surface area contributed by atoms with Crippen LogP contribution in [0.15, 0.2) is 0 Å². The molecule has 302 valence electrons. The van der Waals surface area contributed by atoms with Crippen LogP contribution < -0.4 is 21.3 Å². The van der Waals surface area contributed by atoms with E-state index >= 15 is 0 Å². The lowest BCUT2D eigenvalue weighted by Gasteiger charge is -2.20. The highest BCUT2D eigenvalue weighted by Gasteiger charge is 2.21. The molecule has 0 saturated carbocycles. The van der Waals surface area contributed by atoms with Gasteiger partial charge in [-0.3, -0.25) is 24.0 Å². The summed E-state index contributed by atoms with van der Waals surface area (Å²) in [6, 6.07) is -2.03. The summed E-state index contributed by atoms with van der Waals surface area (Å²) in [6.07, 6.45) is 12.4. The van der Waals surface area contributed by atoms with Crippen molar-refractivity contribution in [1.82, 2.24) is 21.3 Å². The van der Waals surface area contributed by atoms with E-state index in [0.29, 0.717) is 25.8 Å². The number of amides is 4. The predicted octanol–water partition coefficient (Wildman–Crippen LogP) is 2.51. The summed E-state index contributed by atoms with van der Waals surface area (Å²) in [6.45, 7) is 0.632. The number of carboxylic acid groups (broad SMARTS) is 2. The molecule has 2 unspecified atom stereocenters. The van der Waals surface area contributed by atoms with Gasteiger partial charge in [-0.05, 0) is 38.5 Å². The number of aliphatic hydroxyl groups is 2. The number of halogens is 1. The topological polar surface area (TPSA) is 250 Å². The van der Waals surface area contributed by atoms with Crippen LogP contribution in [0.25, 0.3) is 0 Å². The second-order valence-corrected chi connectivity index (χ2v) is 13.3. The molecule has 4 amide bonds. The van der Waals surface area contributed by atoms with Crippen LogP contribution in [0.4, 0.5) is 0 Å². The molecule has 16 nitrogen and oxygen atoms in total. The number of carboxylic acids is 2. The van der Waals surface area contributed by atoms with Crippen molar-refractivity contribution in [2.45, 2.75) is 140 Å². The molecule has 0 aliphatic carbocycles. The number of ether oxygens (including phenoxy) is 2. The SMILES string of the molecule is O=C(O)CCCCCCCCCCCCCCC(=O)NC(CCC(=O)NCCOCCOCC(=O)NC(CCCCNC(=O)CBr)C(=O)O)C(O)O. The lowest BCUT2D eigenvalue weighted by molar-refractivity contribution is -0.143. The third kappa shape index (κ3) is 31.8. The number of carbonyl (C=O) groups is 6. The first-order valence-corrected chi connectivity index (χ1v) is 19.7. The molecular formula is C35H63BrN4O12. The van der Waals surface area contributed by atoms with Crippen LogP contribution >= 0.6 is 15.9 Å². The fourth-order valence-corrected chi connectivity index (χ4v) is 5.37. The second kappa shape index (κ2) is 33.9. The number of alkyl halides is 1. The van der Waals surface area contributed by atoms with Gasteiger partial charge in [0, 0.05) is 32.4 Å². The Bertz CT molecular complexity index is 1000. The zero-order valence-electron chi connectivity index (χ0n) is 30.5. The molecule has 0 fully saturated rings. The van der Waals surface area contributed by atoms with Crippen molar-refractivity contribution in [3.63, 3.8) is 0 Å². The number of hydrogen-bond acceptors (Lipinski definition) is 10. The number of carbonyl (C=O) groups excluding carboxylic acids is 4. The molecule has 8 N–H and O–H groups in total. The zero-order valence-corrected chi connectivity index (χ0v) is 32.1. The zero-order chi connectivity index (χ0) is 38.8. The van der Waals surface area contributed by atoms with Gasteiger partial charge in [-0.15, -0.1) is 0 Å². The average Bonchev–Trinajstić information content (AvgIpc) is 3.10. The maximum atomic E-state index is 12.3. The van der Waals surface area contributed by atoms with E-state index in [-0.39, 0.29) is 88.1 Å². The van der Waals surface area contributed by atoms with E-state index in [9.17, 15) is 44.1 Å². The molecule has 0 rings (SSSR count). The van der Waals surface area contributed by atoms with Crippen LogP contribution in [0, 0.1) is 0 Å². The number of nitrogens with one attached hydrogen (secondary N) is 4. The lowest BCUT2D eigenvalue weighted by Crippen LogP contribution is -2.44. The van der Waals surface area contributed by atoms with E-state index in [1.165, 1.54) is 19.3 Å². The molecule has 0 heterocycles. The number of aliphatic carboxylic acids is 2. The van der Waals surface area contributed by atoms with Crippen molar-refractivity contribution in [3.05, 3.63) is 0 Å². The predicted molar refractivity (Wildman–Crippen MR) is 197 cm³/mol. The van der Waals surface area contributed by atoms with E-state index in [0.717, 1.165) is 51.4 Å². The maximum absolute atomic E-state index is 12.3. The molecule has 0 aromatic rings. The first kappa shape index (κ1) is 49.1. The highest BCUT2D eigenvalue weighted by Crippen LogP contribution is 2.13. The Kier molecular flexibility index (Phi) is 32.1. The van der Waals surface area contributed by atoms with Crippen LogP contribution in [0.3, 0.4) is 0 Å². The summed E-state index contributed by atoms with van der Waals surface area (Å²) in [4.78, 5) is 69.6.